The third-order valence-corrected chi connectivity index (χ3v) is 2.64. The van der Waals surface area contributed by atoms with Gasteiger partial charge in [-0.25, -0.2) is 0 Å². The SMILES string of the molecule is CC(C)C(O)=CC(=O)N1CCC(O)CC1. The molecule has 1 heterocycles. The molecule has 0 radical (unpaired) electrons. The Morgan fingerprint density at radius 3 is 2.40 bits per heavy atom. The van der Waals surface area contributed by atoms with Crippen LogP contribution in [0.3, 0.4) is 0 Å². The van der Waals surface area contributed by atoms with E-state index >= 15 is 0 Å². The highest BCUT2D eigenvalue weighted by Gasteiger charge is 2.20. The number of allylic oxidation sites excluding steroid dienone is 1. The molecule has 0 unspecified atom stereocenters. The number of aliphatic hydroxyl groups excluding tert-OH is 2. The van der Waals surface area contributed by atoms with Crippen LogP contribution in [0.5, 0.6) is 0 Å². The minimum atomic E-state index is -0.281. The maximum Gasteiger partial charge on any atom is 0.249 e. The molecule has 0 aromatic heterocycles. The molecule has 1 fully saturated rings. The summed E-state index contributed by atoms with van der Waals surface area (Å²) in [6.45, 7) is 4.81. The van der Waals surface area contributed by atoms with Crippen molar-refractivity contribution in [2.24, 2.45) is 5.92 Å². The van der Waals surface area contributed by atoms with Crippen LogP contribution in [-0.4, -0.2) is 40.2 Å². The van der Waals surface area contributed by atoms with E-state index in [1.54, 1.807) is 4.90 Å². The molecule has 0 aromatic rings. The molecule has 1 saturated heterocycles. The normalized spacial score (nSPS) is 19.7. The average molecular weight is 213 g/mol. The number of amides is 1. The highest BCUT2D eigenvalue weighted by molar-refractivity contribution is 5.88. The molecule has 0 atom stereocenters. The quantitative estimate of drug-likeness (QED) is 0.533. The van der Waals surface area contributed by atoms with Gasteiger partial charge in [-0.2, -0.15) is 0 Å². The smallest absolute Gasteiger partial charge is 0.249 e. The van der Waals surface area contributed by atoms with Gasteiger partial charge in [-0.3, -0.25) is 4.79 Å². The van der Waals surface area contributed by atoms with Crippen LogP contribution in [0, 0.1) is 5.92 Å². The molecule has 15 heavy (non-hydrogen) atoms. The van der Waals surface area contributed by atoms with Gasteiger partial charge in [-0.1, -0.05) is 13.8 Å². The molecule has 1 aliphatic rings. The number of likely N-dealkylation sites (tertiary alicyclic amines) is 1. The maximum atomic E-state index is 11.6. The van der Waals surface area contributed by atoms with Crippen molar-refractivity contribution in [2.45, 2.75) is 32.8 Å². The van der Waals surface area contributed by atoms with Gasteiger partial charge in [-0.15, -0.1) is 0 Å². The van der Waals surface area contributed by atoms with Gasteiger partial charge in [0.25, 0.3) is 0 Å². The van der Waals surface area contributed by atoms with Crippen molar-refractivity contribution in [3.8, 4) is 0 Å². The summed E-state index contributed by atoms with van der Waals surface area (Å²) in [5, 5.41) is 18.7. The van der Waals surface area contributed by atoms with Crippen LogP contribution >= 0.6 is 0 Å². The van der Waals surface area contributed by atoms with E-state index in [1.807, 2.05) is 13.8 Å². The first-order valence-corrected chi connectivity index (χ1v) is 5.38. The maximum absolute atomic E-state index is 11.6. The van der Waals surface area contributed by atoms with Crippen LogP contribution in [0.25, 0.3) is 0 Å². The van der Waals surface area contributed by atoms with E-state index in [2.05, 4.69) is 0 Å². The summed E-state index contributed by atoms with van der Waals surface area (Å²) in [5.74, 6) is -0.0662. The highest BCUT2D eigenvalue weighted by Crippen LogP contribution is 2.12. The fourth-order valence-corrected chi connectivity index (χ4v) is 1.47. The number of nitrogens with zero attached hydrogens (tertiary/aromatic N) is 1. The van der Waals surface area contributed by atoms with Gasteiger partial charge in [0.05, 0.1) is 6.10 Å². The molecule has 0 bridgehead atoms. The van der Waals surface area contributed by atoms with E-state index in [1.165, 1.54) is 6.08 Å². The zero-order valence-corrected chi connectivity index (χ0v) is 9.31. The van der Waals surface area contributed by atoms with Gasteiger partial charge >= 0.3 is 0 Å². The van der Waals surface area contributed by atoms with Gasteiger partial charge in [0, 0.05) is 25.1 Å². The first kappa shape index (κ1) is 12.0. The Hall–Kier alpha value is -1.03. The van der Waals surface area contributed by atoms with Crippen LogP contribution in [-0.2, 0) is 4.79 Å². The first-order valence-electron chi connectivity index (χ1n) is 5.38. The second kappa shape index (κ2) is 5.16. The standard InChI is InChI=1S/C11H19NO3/c1-8(2)10(14)7-11(15)12-5-3-9(13)4-6-12/h7-9,13-14H,3-6H2,1-2H3. The molecule has 1 rings (SSSR count). The lowest BCUT2D eigenvalue weighted by molar-refractivity contribution is -0.128. The van der Waals surface area contributed by atoms with Gasteiger partial charge in [0.1, 0.15) is 5.76 Å². The van der Waals surface area contributed by atoms with Crippen molar-refractivity contribution in [1.82, 2.24) is 4.90 Å². The summed E-state index contributed by atoms with van der Waals surface area (Å²) in [7, 11) is 0. The van der Waals surface area contributed by atoms with Crippen LogP contribution in [0.15, 0.2) is 11.8 Å². The molecule has 0 saturated carbocycles. The third kappa shape index (κ3) is 3.55. The first-order chi connectivity index (χ1) is 7.00. The number of piperidine rings is 1. The zero-order chi connectivity index (χ0) is 11.4. The molecule has 4 nitrogen and oxygen atoms in total. The molecule has 86 valence electrons. The lowest BCUT2D eigenvalue weighted by Gasteiger charge is -2.28. The van der Waals surface area contributed by atoms with Crippen molar-refractivity contribution in [2.75, 3.05) is 13.1 Å². The minimum Gasteiger partial charge on any atom is -0.512 e. The van der Waals surface area contributed by atoms with Crippen molar-refractivity contribution in [1.29, 1.82) is 0 Å². The van der Waals surface area contributed by atoms with Crippen molar-refractivity contribution in [3.05, 3.63) is 11.8 Å². The zero-order valence-electron chi connectivity index (χ0n) is 9.31. The summed E-state index contributed by atoms with van der Waals surface area (Å²) in [4.78, 5) is 13.3. The Labute approximate surface area is 90.2 Å². The van der Waals surface area contributed by atoms with Gasteiger partial charge in [0.15, 0.2) is 0 Å². The minimum absolute atomic E-state index is 0.0238. The highest BCUT2D eigenvalue weighted by atomic mass is 16.3. The lowest BCUT2D eigenvalue weighted by atomic mass is 10.1. The molecule has 2 N–H and O–H groups in total. The van der Waals surface area contributed by atoms with E-state index in [4.69, 9.17) is 0 Å². The Bertz CT molecular complexity index is 253. The van der Waals surface area contributed by atoms with Gasteiger partial charge < -0.3 is 15.1 Å². The third-order valence-electron chi connectivity index (χ3n) is 2.64. The van der Waals surface area contributed by atoms with Crippen molar-refractivity contribution < 1.29 is 15.0 Å². The average Bonchev–Trinajstić information content (AvgIpc) is 2.18. The van der Waals surface area contributed by atoms with Crippen LogP contribution in [0.2, 0.25) is 0 Å². The predicted molar refractivity (Wildman–Crippen MR) is 57.4 cm³/mol. The number of hydrogen-bond donors (Lipinski definition) is 2. The molecule has 0 spiro atoms. The fourth-order valence-electron chi connectivity index (χ4n) is 1.47. The number of aliphatic hydroxyl groups is 2. The molecule has 0 aliphatic carbocycles. The van der Waals surface area contributed by atoms with Crippen LogP contribution in [0.4, 0.5) is 0 Å². The number of hydrogen-bond acceptors (Lipinski definition) is 3. The molecule has 4 heteroatoms. The Morgan fingerprint density at radius 2 is 1.93 bits per heavy atom. The summed E-state index contributed by atoms with van der Waals surface area (Å²) >= 11 is 0. The lowest BCUT2D eigenvalue weighted by Crippen LogP contribution is -2.39. The second-order valence-corrected chi connectivity index (χ2v) is 4.28. The van der Waals surface area contributed by atoms with Crippen LogP contribution in [0.1, 0.15) is 26.7 Å². The fraction of sp³-hybridized carbons (Fsp3) is 0.727. The summed E-state index contributed by atoms with van der Waals surface area (Å²) in [6, 6.07) is 0. The molecule has 1 aliphatic heterocycles. The monoisotopic (exact) mass is 213 g/mol. The topological polar surface area (TPSA) is 60.8 Å². The van der Waals surface area contributed by atoms with Gasteiger partial charge in [-0.05, 0) is 12.8 Å². The summed E-state index contributed by atoms with van der Waals surface area (Å²) in [5.41, 5.74) is 0. The summed E-state index contributed by atoms with van der Waals surface area (Å²) in [6.07, 6.45) is 2.25. The number of carbonyl (C=O) groups is 1. The number of rotatable bonds is 2. The van der Waals surface area contributed by atoms with E-state index < -0.39 is 0 Å². The Morgan fingerprint density at radius 1 is 1.40 bits per heavy atom. The molecular formula is C11H19NO3. The number of carbonyl (C=O) groups excluding carboxylic acids is 1. The van der Waals surface area contributed by atoms with E-state index in [9.17, 15) is 15.0 Å². The van der Waals surface area contributed by atoms with E-state index in [0.717, 1.165) is 0 Å². The second-order valence-electron chi connectivity index (χ2n) is 4.28. The summed E-state index contributed by atoms with van der Waals surface area (Å²) < 4.78 is 0. The van der Waals surface area contributed by atoms with E-state index in [0.29, 0.717) is 25.9 Å². The van der Waals surface area contributed by atoms with Crippen LogP contribution < -0.4 is 0 Å². The predicted octanol–water partition coefficient (Wildman–Crippen LogP) is 1.07. The van der Waals surface area contributed by atoms with Crippen molar-refractivity contribution in [3.63, 3.8) is 0 Å². The van der Waals surface area contributed by atoms with Gasteiger partial charge in [0.2, 0.25) is 5.91 Å². The Balaban J connectivity index is 2.51. The Kier molecular flexibility index (Phi) is 4.15. The van der Waals surface area contributed by atoms with E-state index in [-0.39, 0.29) is 23.7 Å². The molecule has 0 aromatic carbocycles. The molecule has 1 amide bonds. The molecular weight excluding hydrogens is 194 g/mol. The largest absolute Gasteiger partial charge is 0.512 e. The van der Waals surface area contributed by atoms with Crippen molar-refractivity contribution >= 4 is 5.91 Å².